The predicted molar refractivity (Wildman–Crippen MR) is 80.9 cm³/mol. The summed E-state index contributed by atoms with van der Waals surface area (Å²) in [5.74, 6) is -0.00238. The van der Waals surface area contributed by atoms with Crippen LogP contribution in [0.15, 0.2) is 0 Å². The number of carboxylic acid groups (broad SMARTS) is 1. The average Bonchev–Trinajstić information content (AvgIpc) is 2.89. The quantitative estimate of drug-likeness (QED) is 0.635. The van der Waals surface area contributed by atoms with E-state index in [9.17, 15) is 9.90 Å². The molecular formula is C15H28N4O2. The van der Waals surface area contributed by atoms with Crippen LogP contribution < -0.4 is 0 Å². The molecule has 6 heteroatoms. The first kappa shape index (κ1) is 17.6. The summed E-state index contributed by atoms with van der Waals surface area (Å²) in [4.78, 5) is 11.4. The highest BCUT2D eigenvalue weighted by atomic mass is 16.4. The molecule has 6 nitrogen and oxygen atoms in total. The van der Waals surface area contributed by atoms with Crippen molar-refractivity contribution in [2.45, 2.75) is 78.7 Å². The molecule has 0 aliphatic rings. The molecule has 1 unspecified atom stereocenters. The van der Waals surface area contributed by atoms with Gasteiger partial charge < -0.3 is 5.11 Å². The van der Waals surface area contributed by atoms with Crippen LogP contribution in [0.1, 0.15) is 71.5 Å². The van der Waals surface area contributed by atoms with Crippen LogP contribution in [0, 0.1) is 5.41 Å². The van der Waals surface area contributed by atoms with Gasteiger partial charge in [0.05, 0.1) is 12.0 Å². The Labute approximate surface area is 126 Å². The van der Waals surface area contributed by atoms with Gasteiger partial charge in [-0.05, 0) is 30.2 Å². The van der Waals surface area contributed by atoms with E-state index in [1.165, 1.54) is 32.1 Å². The van der Waals surface area contributed by atoms with Gasteiger partial charge in [-0.15, -0.1) is 5.10 Å². The van der Waals surface area contributed by atoms with E-state index in [-0.39, 0.29) is 0 Å². The van der Waals surface area contributed by atoms with E-state index >= 15 is 0 Å². The Balaban J connectivity index is 2.48. The zero-order valence-corrected chi connectivity index (χ0v) is 13.5. The first-order valence-corrected chi connectivity index (χ1v) is 8.02. The highest BCUT2D eigenvalue weighted by Crippen LogP contribution is 2.24. The van der Waals surface area contributed by atoms with Crippen LogP contribution in [0.4, 0.5) is 0 Å². The van der Waals surface area contributed by atoms with Gasteiger partial charge in [-0.2, -0.15) is 0 Å². The molecule has 0 saturated carbocycles. The molecule has 120 valence electrons. The summed E-state index contributed by atoms with van der Waals surface area (Å²) < 4.78 is 1.66. The molecule has 0 radical (unpaired) electrons. The lowest BCUT2D eigenvalue weighted by Gasteiger charge is -2.22. The van der Waals surface area contributed by atoms with Gasteiger partial charge in [-0.25, -0.2) is 4.68 Å². The third-order valence-corrected chi connectivity index (χ3v) is 4.16. The second-order valence-corrected chi connectivity index (χ2v) is 5.99. The second-order valence-electron chi connectivity index (χ2n) is 5.99. The van der Waals surface area contributed by atoms with Crippen LogP contribution >= 0.6 is 0 Å². The molecule has 1 rings (SSSR count). The molecule has 0 saturated heterocycles. The van der Waals surface area contributed by atoms with E-state index in [4.69, 9.17) is 0 Å². The maximum absolute atomic E-state index is 11.4. The van der Waals surface area contributed by atoms with Gasteiger partial charge in [-0.3, -0.25) is 4.79 Å². The van der Waals surface area contributed by atoms with Crippen LogP contribution in [0.3, 0.4) is 0 Å². The zero-order valence-electron chi connectivity index (χ0n) is 13.5. The molecule has 0 aliphatic carbocycles. The number of carbonyl (C=O) groups is 1. The summed E-state index contributed by atoms with van der Waals surface area (Å²) in [6, 6.07) is 0. The summed E-state index contributed by atoms with van der Waals surface area (Å²) in [5, 5.41) is 21.0. The Morgan fingerprint density at radius 1 is 1.19 bits per heavy atom. The molecule has 1 heterocycles. The van der Waals surface area contributed by atoms with E-state index in [0.29, 0.717) is 13.0 Å². The molecule has 0 fully saturated rings. The Morgan fingerprint density at radius 3 is 2.48 bits per heavy atom. The molecular weight excluding hydrogens is 268 g/mol. The monoisotopic (exact) mass is 296 g/mol. The lowest BCUT2D eigenvalue weighted by Crippen LogP contribution is -2.33. The highest BCUT2D eigenvalue weighted by Gasteiger charge is 2.32. The number of hydrogen-bond acceptors (Lipinski definition) is 4. The molecule has 0 aliphatic heterocycles. The van der Waals surface area contributed by atoms with E-state index in [1.54, 1.807) is 11.6 Å². The van der Waals surface area contributed by atoms with Crippen molar-refractivity contribution in [2.24, 2.45) is 5.41 Å². The Hall–Kier alpha value is -1.46. The number of carboxylic acids is 1. The topological polar surface area (TPSA) is 80.9 Å². The smallest absolute Gasteiger partial charge is 0.311 e. The number of aliphatic carboxylic acids is 1. The first-order valence-electron chi connectivity index (χ1n) is 8.02. The number of rotatable bonds is 11. The fourth-order valence-electron chi connectivity index (χ4n) is 2.25. The summed E-state index contributed by atoms with van der Waals surface area (Å²) in [6.07, 6.45) is 8.69. The maximum atomic E-state index is 11.4. The fraction of sp³-hybridized carbons (Fsp3) is 0.867. The van der Waals surface area contributed by atoms with Gasteiger partial charge in [0.2, 0.25) is 0 Å². The lowest BCUT2D eigenvalue weighted by atomic mass is 9.88. The summed E-state index contributed by atoms with van der Waals surface area (Å²) in [6.45, 7) is 6.16. The van der Waals surface area contributed by atoms with E-state index in [0.717, 1.165) is 18.7 Å². The van der Waals surface area contributed by atoms with Crippen LogP contribution in [-0.2, 0) is 17.8 Å². The van der Waals surface area contributed by atoms with Crippen molar-refractivity contribution in [1.29, 1.82) is 0 Å². The number of hydrogen-bond donors (Lipinski definition) is 1. The summed E-state index contributed by atoms with van der Waals surface area (Å²) in [7, 11) is 0. The number of nitrogens with zero attached hydrogens (tertiary/aromatic N) is 4. The van der Waals surface area contributed by atoms with Crippen LogP contribution in [0.2, 0.25) is 0 Å². The van der Waals surface area contributed by atoms with Crippen molar-refractivity contribution in [3.05, 3.63) is 5.82 Å². The molecule has 0 aromatic carbocycles. The van der Waals surface area contributed by atoms with Crippen molar-refractivity contribution in [2.75, 3.05) is 0 Å². The van der Waals surface area contributed by atoms with Crippen LogP contribution in [-0.4, -0.2) is 31.3 Å². The summed E-state index contributed by atoms with van der Waals surface area (Å²) >= 11 is 0. The van der Waals surface area contributed by atoms with E-state index in [2.05, 4.69) is 22.4 Å². The molecule has 0 amide bonds. The van der Waals surface area contributed by atoms with Crippen LogP contribution in [0.25, 0.3) is 0 Å². The number of aromatic nitrogens is 4. The maximum Gasteiger partial charge on any atom is 0.311 e. The highest BCUT2D eigenvalue weighted by molar-refractivity contribution is 5.73. The van der Waals surface area contributed by atoms with Crippen molar-refractivity contribution in [3.8, 4) is 0 Å². The first-order chi connectivity index (χ1) is 10.0. The van der Waals surface area contributed by atoms with Gasteiger partial charge in [0, 0.05) is 6.42 Å². The Morgan fingerprint density at radius 2 is 1.86 bits per heavy atom. The van der Waals surface area contributed by atoms with Crippen molar-refractivity contribution >= 4 is 5.97 Å². The number of aryl methyl sites for hydroxylation is 1. The lowest BCUT2D eigenvalue weighted by molar-refractivity contribution is -0.149. The number of unbranched alkanes of at least 4 members (excludes halogenated alkanes) is 5. The SMILES string of the molecule is CCCCCCCCc1nnnn1CC(C)(CC)C(=O)O. The molecule has 0 bridgehead atoms. The van der Waals surface area contributed by atoms with Crippen molar-refractivity contribution < 1.29 is 9.90 Å². The molecule has 1 aromatic rings. The van der Waals surface area contributed by atoms with E-state index in [1.807, 2.05) is 6.92 Å². The van der Waals surface area contributed by atoms with Gasteiger partial charge in [-0.1, -0.05) is 46.0 Å². The second kappa shape index (κ2) is 8.74. The van der Waals surface area contributed by atoms with E-state index < -0.39 is 11.4 Å². The fourth-order valence-corrected chi connectivity index (χ4v) is 2.25. The minimum absolute atomic E-state index is 0.330. The van der Waals surface area contributed by atoms with Gasteiger partial charge in [0.15, 0.2) is 5.82 Å². The van der Waals surface area contributed by atoms with Gasteiger partial charge in [0.25, 0.3) is 0 Å². The molecule has 0 spiro atoms. The molecule has 1 atom stereocenters. The molecule has 1 N–H and O–H groups in total. The summed E-state index contributed by atoms with van der Waals surface area (Å²) in [5.41, 5.74) is -0.814. The minimum atomic E-state index is -0.814. The number of tetrazole rings is 1. The Bertz CT molecular complexity index is 433. The third kappa shape index (κ3) is 5.44. The van der Waals surface area contributed by atoms with Crippen molar-refractivity contribution in [3.63, 3.8) is 0 Å². The third-order valence-electron chi connectivity index (χ3n) is 4.16. The van der Waals surface area contributed by atoms with Crippen LogP contribution in [0.5, 0.6) is 0 Å². The van der Waals surface area contributed by atoms with Crippen molar-refractivity contribution in [1.82, 2.24) is 20.2 Å². The van der Waals surface area contributed by atoms with Gasteiger partial charge in [0.1, 0.15) is 0 Å². The average molecular weight is 296 g/mol. The molecule has 1 aromatic heterocycles. The predicted octanol–water partition coefficient (Wildman–Crippen LogP) is 3.08. The molecule has 21 heavy (non-hydrogen) atoms. The van der Waals surface area contributed by atoms with Gasteiger partial charge >= 0.3 is 5.97 Å². The Kier molecular flexibility index (Phi) is 7.32. The minimum Gasteiger partial charge on any atom is -0.481 e. The standard InChI is InChI=1S/C15H28N4O2/c1-4-6-7-8-9-10-11-13-16-17-18-19(13)12-15(3,5-2)14(20)21/h4-12H2,1-3H3,(H,20,21). The normalized spacial score (nSPS) is 14.0. The zero-order chi connectivity index (χ0) is 15.7. The largest absolute Gasteiger partial charge is 0.481 e.